The Morgan fingerprint density at radius 1 is 1.14 bits per heavy atom. The third-order valence-electron chi connectivity index (χ3n) is 3.38. The minimum atomic E-state index is -3.47. The van der Waals surface area contributed by atoms with E-state index in [2.05, 4.69) is 17.0 Å². The van der Waals surface area contributed by atoms with E-state index in [1.54, 1.807) is 6.92 Å². The molecule has 0 bridgehead atoms. The number of nitrogens with one attached hydrogen (secondary N) is 2. The zero-order valence-corrected chi connectivity index (χ0v) is 14.4. The Bertz CT molecular complexity index is 568. The van der Waals surface area contributed by atoms with E-state index in [1.807, 2.05) is 6.92 Å². The van der Waals surface area contributed by atoms with Crippen molar-refractivity contribution in [1.29, 1.82) is 0 Å². The summed E-state index contributed by atoms with van der Waals surface area (Å²) in [6.07, 6.45) is 4.36. The summed E-state index contributed by atoms with van der Waals surface area (Å²) >= 11 is 0. The molecule has 5 nitrogen and oxygen atoms in total. The van der Waals surface area contributed by atoms with Crippen LogP contribution in [0.5, 0.6) is 0 Å². The zero-order valence-electron chi connectivity index (χ0n) is 13.6. The van der Waals surface area contributed by atoms with Gasteiger partial charge in [-0.05, 0) is 37.6 Å². The fraction of sp³-hybridized carbons (Fsp3) is 0.562. The predicted octanol–water partition coefficient (Wildman–Crippen LogP) is 2.68. The lowest BCUT2D eigenvalue weighted by Gasteiger charge is -2.14. The first-order valence-corrected chi connectivity index (χ1v) is 9.29. The van der Waals surface area contributed by atoms with Gasteiger partial charge in [0, 0.05) is 18.2 Å². The number of benzene rings is 1. The normalized spacial score (nSPS) is 12.9. The summed E-state index contributed by atoms with van der Waals surface area (Å²) in [5.41, 5.74) is 0.470. The third kappa shape index (κ3) is 5.77. The minimum Gasteiger partial charge on any atom is -0.350 e. The predicted molar refractivity (Wildman–Crippen MR) is 88.4 cm³/mol. The summed E-state index contributed by atoms with van der Waals surface area (Å²) < 4.78 is 26.1. The van der Waals surface area contributed by atoms with Gasteiger partial charge < -0.3 is 5.32 Å². The Hall–Kier alpha value is -1.40. The maximum Gasteiger partial charge on any atom is 0.251 e. The molecule has 1 unspecified atom stereocenters. The number of carbonyl (C=O) groups excluding carboxylic acids is 1. The lowest BCUT2D eigenvalue weighted by Crippen LogP contribution is -2.32. The fourth-order valence-electron chi connectivity index (χ4n) is 2.14. The summed E-state index contributed by atoms with van der Waals surface area (Å²) in [5.74, 6) is -0.170. The van der Waals surface area contributed by atoms with Crippen LogP contribution in [0, 0.1) is 0 Å². The van der Waals surface area contributed by atoms with Crippen molar-refractivity contribution in [2.45, 2.75) is 57.4 Å². The average Bonchev–Trinajstić information content (AvgIpc) is 2.47. The summed E-state index contributed by atoms with van der Waals surface area (Å²) in [7, 11) is -3.47. The molecule has 0 aliphatic carbocycles. The maximum absolute atomic E-state index is 12.1. The van der Waals surface area contributed by atoms with Crippen LogP contribution in [0.3, 0.4) is 0 Å². The summed E-state index contributed by atoms with van der Waals surface area (Å²) in [5, 5.41) is 2.93. The van der Waals surface area contributed by atoms with Crippen molar-refractivity contribution in [3.63, 3.8) is 0 Å². The van der Waals surface area contributed by atoms with E-state index in [-0.39, 0.29) is 16.8 Å². The van der Waals surface area contributed by atoms with Crippen LogP contribution in [0.25, 0.3) is 0 Å². The molecule has 0 aliphatic heterocycles. The largest absolute Gasteiger partial charge is 0.350 e. The molecule has 1 amide bonds. The van der Waals surface area contributed by atoms with Crippen molar-refractivity contribution >= 4 is 15.9 Å². The van der Waals surface area contributed by atoms with E-state index in [4.69, 9.17) is 0 Å². The number of hydrogen-bond donors (Lipinski definition) is 2. The second-order valence-electron chi connectivity index (χ2n) is 5.40. The van der Waals surface area contributed by atoms with Gasteiger partial charge >= 0.3 is 0 Å². The summed E-state index contributed by atoms with van der Waals surface area (Å²) in [4.78, 5) is 12.3. The molecule has 6 heteroatoms. The number of unbranched alkanes of at least 4 members (excludes halogenated alkanes) is 2. The van der Waals surface area contributed by atoms with Crippen LogP contribution >= 0.6 is 0 Å². The van der Waals surface area contributed by atoms with E-state index in [9.17, 15) is 13.2 Å². The van der Waals surface area contributed by atoms with Crippen LogP contribution in [-0.2, 0) is 10.0 Å². The van der Waals surface area contributed by atoms with Gasteiger partial charge in [-0.2, -0.15) is 0 Å². The van der Waals surface area contributed by atoms with Crippen LogP contribution in [0.1, 0.15) is 56.8 Å². The molecule has 1 rings (SSSR count). The molecule has 0 spiro atoms. The monoisotopic (exact) mass is 326 g/mol. The quantitative estimate of drug-likeness (QED) is 0.685. The Balaban J connectivity index is 2.64. The van der Waals surface area contributed by atoms with Gasteiger partial charge in [0.2, 0.25) is 10.0 Å². The van der Waals surface area contributed by atoms with Crippen LogP contribution in [0.4, 0.5) is 0 Å². The first-order chi connectivity index (χ1) is 10.4. The molecule has 0 saturated heterocycles. The third-order valence-corrected chi connectivity index (χ3v) is 4.94. The van der Waals surface area contributed by atoms with Crippen LogP contribution in [0.2, 0.25) is 0 Å². The molecule has 0 fully saturated rings. The van der Waals surface area contributed by atoms with E-state index >= 15 is 0 Å². The topological polar surface area (TPSA) is 75.3 Å². The number of amides is 1. The Morgan fingerprint density at radius 3 is 2.32 bits per heavy atom. The van der Waals surface area contributed by atoms with Crippen LogP contribution in [-0.4, -0.2) is 26.9 Å². The molecule has 0 radical (unpaired) electrons. The first kappa shape index (κ1) is 18.6. The minimum absolute atomic E-state index is 0.115. The molecular weight excluding hydrogens is 300 g/mol. The second kappa shape index (κ2) is 8.90. The fourth-order valence-corrected chi connectivity index (χ4v) is 3.18. The van der Waals surface area contributed by atoms with E-state index in [0.717, 1.165) is 25.7 Å². The Labute approximate surface area is 133 Å². The Morgan fingerprint density at radius 2 is 1.77 bits per heavy atom. The van der Waals surface area contributed by atoms with Crippen molar-refractivity contribution in [3.05, 3.63) is 29.8 Å². The van der Waals surface area contributed by atoms with Crippen molar-refractivity contribution in [3.8, 4) is 0 Å². The van der Waals surface area contributed by atoms with Gasteiger partial charge in [-0.15, -0.1) is 0 Å². The summed E-state index contributed by atoms with van der Waals surface area (Å²) in [6.45, 7) is 6.18. The summed E-state index contributed by atoms with van der Waals surface area (Å²) in [6, 6.07) is 6.10. The molecule has 1 aromatic carbocycles. The van der Waals surface area contributed by atoms with Gasteiger partial charge in [-0.25, -0.2) is 13.1 Å². The molecule has 0 heterocycles. The van der Waals surface area contributed by atoms with Crippen molar-refractivity contribution in [1.82, 2.24) is 10.0 Å². The van der Waals surface area contributed by atoms with Crippen molar-refractivity contribution in [2.24, 2.45) is 0 Å². The van der Waals surface area contributed by atoms with Gasteiger partial charge in [0.15, 0.2) is 0 Å². The highest BCUT2D eigenvalue weighted by atomic mass is 32.2. The highest BCUT2D eigenvalue weighted by Gasteiger charge is 2.14. The number of carbonyl (C=O) groups is 1. The lowest BCUT2D eigenvalue weighted by atomic mass is 10.1. The lowest BCUT2D eigenvalue weighted by molar-refractivity contribution is 0.0938. The van der Waals surface area contributed by atoms with Crippen molar-refractivity contribution in [2.75, 3.05) is 6.54 Å². The highest BCUT2D eigenvalue weighted by molar-refractivity contribution is 7.89. The SMILES string of the molecule is CCCCCC(C)NC(=O)c1ccc(S(=O)(=O)NCC)cc1. The molecule has 1 atom stereocenters. The van der Waals surface area contributed by atoms with Gasteiger partial charge in [-0.3, -0.25) is 4.79 Å². The molecule has 22 heavy (non-hydrogen) atoms. The number of hydrogen-bond acceptors (Lipinski definition) is 3. The molecule has 0 aromatic heterocycles. The van der Waals surface area contributed by atoms with Gasteiger partial charge in [0.1, 0.15) is 0 Å². The molecule has 0 saturated carbocycles. The molecular formula is C16H26N2O3S. The van der Waals surface area contributed by atoms with E-state index in [1.165, 1.54) is 24.3 Å². The van der Waals surface area contributed by atoms with Gasteiger partial charge in [-0.1, -0.05) is 33.1 Å². The van der Waals surface area contributed by atoms with E-state index < -0.39 is 10.0 Å². The molecule has 124 valence electrons. The molecule has 1 aromatic rings. The standard InChI is InChI=1S/C16H26N2O3S/c1-4-6-7-8-13(3)18-16(19)14-9-11-15(12-10-14)22(20,21)17-5-2/h9-13,17H,4-8H2,1-3H3,(H,18,19). The first-order valence-electron chi connectivity index (χ1n) is 7.81. The number of rotatable bonds is 9. The van der Waals surface area contributed by atoms with Crippen LogP contribution < -0.4 is 10.0 Å². The zero-order chi connectivity index (χ0) is 16.6. The average molecular weight is 326 g/mol. The Kier molecular flexibility index (Phi) is 7.55. The smallest absolute Gasteiger partial charge is 0.251 e. The van der Waals surface area contributed by atoms with Gasteiger partial charge in [0.25, 0.3) is 5.91 Å². The molecule has 2 N–H and O–H groups in total. The molecule has 0 aliphatic rings. The number of sulfonamides is 1. The van der Waals surface area contributed by atoms with E-state index in [0.29, 0.717) is 12.1 Å². The maximum atomic E-state index is 12.1. The van der Waals surface area contributed by atoms with Crippen LogP contribution in [0.15, 0.2) is 29.2 Å². The van der Waals surface area contributed by atoms with Gasteiger partial charge in [0.05, 0.1) is 4.90 Å². The van der Waals surface area contributed by atoms with Crippen molar-refractivity contribution < 1.29 is 13.2 Å². The second-order valence-corrected chi connectivity index (χ2v) is 7.16. The highest BCUT2D eigenvalue weighted by Crippen LogP contribution is 2.11.